The monoisotopic (exact) mass is 467 g/mol. The number of nitrogens with one attached hydrogen (secondary N) is 1. The summed E-state index contributed by atoms with van der Waals surface area (Å²) in [4.78, 5) is 32.4. The molecule has 4 rings (SSSR count). The van der Waals surface area contributed by atoms with Crippen LogP contribution in [0.5, 0.6) is 0 Å². The minimum Gasteiger partial charge on any atom is -0.325 e. The van der Waals surface area contributed by atoms with Crippen LogP contribution in [0.4, 0.5) is 5.69 Å². The molecule has 0 bridgehead atoms. The Morgan fingerprint density at radius 1 is 1.24 bits per heavy atom. The zero-order chi connectivity index (χ0) is 20.7. The van der Waals surface area contributed by atoms with Crippen LogP contribution in [-0.4, -0.2) is 20.7 Å². The highest BCUT2D eigenvalue weighted by molar-refractivity contribution is 8.00. The predicted molar refractivity (Wildman–Crippen MR) is 122 cm³/mol. The summed E-state index contributed by atoms with van der Waals surface area (Å²) in [5.74, 6) is -0.215. The maximum Gasteiger partial charge on any atom is 0.262 e. The van der Waals surface area contributed by atoms with E-state index in [1.165, 1.54) is 22.2 Å². The lowest BCUT2D eigenvalue weighted by Gasteiger charge is -2.14. The van der Waals surface area contributed by atoms with Crippen molar-refractivity contribution < 1.29 is 4.79 Å². The molecule has 29 heavy (non-hydrogen) atoms. The van der Waals surface area contributed by atoms with Gasteiger partial charge in [0, 0.05) is 27.7 Å². The SMILES string of the molecule is C[C@H](Sc1nc2sc3c(c2c(=O)n1C)CCCC3)C(=O)Nc1cc(Cl)cc(Cl)c1. The third-order valence-electron chi connectivity index (χ3n) is 4.94. The molecule has 1 aromatic carbocycles. The fourth-order valence-electron chi connectivity index (χ4n) is 3.45. The topological polar surface area (TPSA) is 64.0 Å². The molecule has 1 aliphatic rings. The van der Waals surface area contributed by atoms with E-state index in [0.717, 1.165) is 35.9 Å². The van der Waals surface area contributed by atoms with Gasteiger partial charge in [-0.05, 0) is 56.4 Å². The van der Waals surface area contributed by atoms with Gasteiger partial charge in [-0.25, -0.2) is 4.98 Å². The van der Waals surface area contributed by atoms with Gasteiger partial charge in [0.25, 0.3) is 5.56 Å². The Morgan fingerprint density at radius 3 is 2.66 bits per heavy atom. The minimum atomic E-state index is -0.460. The van der Waals surface area contributed by atoms with E-state index in [1.807, 2.05) is 0 Å². The van der Waals surface area contributed by atoms with Crippen molar-refractivity contribution in [1.82, 2.24) is 9.55 Å². The van der Waals surface area contributed by atoms with Gasteiger partial charge >= 0.3 is 0 Å². The number of aromatic nitrogens is 2. The van der Waals surface area contributed by atoms with Crippen molar-refractivity contribution in [2.24, 2.45) is 7.05 Å². The molecule has 152 valence electrons. The van der Waals surface area contributed by atoms with Gasteiger partial charge in [0.15, 0.2) is 5.16 Å². The molecule has 0 spiro atoms. The predicted octanol–water partition coefficient (Wildman–Crippen LogP) is 5.30. The van der Waals surface area contributed by atoms with E-state index in [-0.39, 0.29) is 11.5 Å². The number of carbonyl (C=O) groups excluding carboxylic acids is 1. The minimum absolute atomic E-state index is 0.0360. The van der Waals surface area contributed by atoms with Crippen molar-refractivity contribution in [3.63, 3.8) is 0 Å². The van der Waals surface area contributed by atoms with E-state index in [0.29, 0.717) is 20.9 Å². The molecule has 0 radical (unpaired) electrons. The summed E-state index contributed by atoms with van der Waals surface area (Å²) < 4.78 is 1.55. The van der Waals surface area contributed by atoms with Crippen LogP contribution in [0, 0.1) is 0 Å². The zero-order valence-electron chi connectivity index (χ0n) is 15.9. The number of hydrogen-bond donors (Lipinski definition) is 1. The Morgan fingerprint density at radius 2 is 1.93 bits per heavy atom. The lowest BCUT2D eigenvalue weighted by molar-refractivity contribution is -0.115. The molecule has 9 heteroatoms. The van der Waals surface area contributed by atoms with Crippen LogP contribution in [0.1, 0.15) is 30.2 Å². The molecule has 2 aromatic heterocycles. The van der Waals surface area contributed by atoms with Gasteiger partial charge in [-0.15, -0.1) is 11.3 Å². The Balaban J connectivity index is 1.59. The fraction of sp³-hybridized carbons (Fsp3) is 0.350. The van der Waals surface area contributed by atoms with Crippen molar-refractivity contribution in [2.75, 3.05) is 5.32 Å². The molecule has 0 saturated carbocycles. The van der Waals surface area contributed by atoms with Gasteiger partial charge in [0.2, 0.25) is 5.91 Å². The Labute approximate surface area is 186 Å². The highest BCUT2D eigenvalue weighted by atomic mass is 35.5. The van der Waals surface area contributed by atoms with Crippen LogP contribution in [0.15, 0.2) is 28.2 Å². The number of fused-ring (bicyclic) bond motifs is 3. The first kappa shape index (κ1) is 20.7. The Kier molecular flexibility index (Phi) is 5.93. The highest BCUT2D eigenvalue weighted by Gasteiger charge is 2.23. The van der Waals surface area contributed by atoms with Gasteiger partial charge < -0.3 is 5.32 Å². The first-order valence-corrected chi connectivity index (χ1v) is 11.7. The van der Waals surface area contributed by atoms with Crippen molar-refractivity contribution in [1.29, 1.82) is 0 Å². The van der Waals surface area contributed by atoms with Crippen molar-refractivity contribution in [3.05, 3.63) is 49.0 Å². The standard InChI is InChI=1S/C20H19Cl2N3O2S2/c1-10(17(26)23-13-8-11(21)7-12(22)9-13)28-20-24-18-16(19(27)25(20)2)14-5-3-4-6-15(14)29-18/h7-10H,3-6H2,1-2H3,(H,23,26)/t10-/m0/s1. The van der Waals surface area contributed by atoms with Crippen molar-refractivity contribution in [2.45, 2.75) is 43.0 Å². The number of halogens is 2. The quantitative estimate of drug-likeness (QED) is 0.417. The maximum absolute atomic E-state index is 13.0. The number of nitrogens with zero attached hydrogens (tertiary/aromatic N) is 2. The van der Waals surface area contributed by atoms with Crippen LogP contribution >= 0.6 is 46.3 Å². The van der Waals surface area contributed by atoms with Gasteiger partial charge in [0.05, 0.1) is 10.6 Å². The second-order valence-corrected chi connectivity index (χ2v) is 10.3. The lowest BCUT2D eigenvalue weighted by Crippen LogP contribution is -2.25. The Bertz CT molecular complexity index is 1150. The van der Waals surface area contributed by atoms with E-state index < -0.39 is 5.25 Å². The van der Waals surface area contributed by atoms with Crippen LogP contribution in [0.2, 0.25) is 10.0 Å². The number of thiophene rings is 1. The Hall–Kier alpha value is -1.54. The summed E-state index contributed by atoms with van der Waals surface area (Å²) in [6, 6.07) is 4.88. The number of amides is 1. The van der Waals surface area contributed by atoms with E-state index in [9.17, 15) is 9.59 Å². The smallest absolute Gasteiger partial charge is 0.262 e. The summed E-state index contributed by atoms with van der Waals surface area (Å²) in [5, 5.41) is 4.54. The van der Waals surface area contributed by atoms with Gasteiger partial charge in [-0.1, -0.05) is 35.0 Å². The van der Waals surface area contributed by atoms with E-state index in [1.54, 1.807) is 48.1 Å². The first-order chi connectivity index (χ1) is 13.8. The molecule has 3 aromatic rings. The summed E-state index contributed by atoms with van der Waals surface area (Å²) >= 11 is 14.9. The van der Waals surface area contributed by atoms with Crippen molar-refractivity contribution >= 4 is 68.1 Å². The fourth-order valence-corrected chi connectivity index (χ4v) is 6.16. The summed E-state index contributed by atoms with van der Waals surface area (Å²) in [6.07, 6.45) is 4.23. The first-order valence-electron chi connectivity index (χ1n) is 9.28. The second kappa shape index (κ2) is 8.30. The third kappa shape index (κ3) is 4.19. The third-order valence-corrected chi connectivity index (χ3v) is 7.70. The average molecular weight is 468 g/mol. The molecule has 0 unspecified atom stereocenters. The van der Waals surface area contributed by atoms with Crippen LogP contribution in [0.25, 0.3) is 10.2 Å². The van der Waals surface area contributed by atoms with Gasteiger partial charge in [-0.3, -0.25) is 14.2 Å². The molecule has 1 aliphatic carbocycles. The van der Waals surface area contributed by atoms with Crippen LogP contribution < -0.4 is 10.9 Å². The number of benzene rings is 1. The molecule has 5 nitrogen and oxygen atoms in total. The number of carbonyl (C=O) groups is 1. The zero-order valence-corrected chi connectivity index (χ0v) is 19.1. The molecule has 0 saturated heterocycles. The van der Waals surface area contributed by atoms with E-state index in [2.05, 4.69) is 5.32 Å². The maximum atomic E-state index is 13.0. The highest BCUT2D eigenvalue weighted by Crippen LogP contribution is 2.35. The number of anilines is 1. The largest absolute Gasteiger partial charge is 0.325 e. The van der Waals surface area contributed by atoms with Crippen molar-refractivity contribution in [3.8, 4) is 0 Å². The summed E-state index contributed by atoms with van der Waals surface area (Å²) in [7, 11) is 1.71. The molecule has 1 N–H and O–H groups in total. The number of aryl methyl sites for hydroxylation is 2. The van der Waals surface area contributed by atoms with Gasteiger partial charge in [0.1, 0.15) is 4.83 Å². The molecule has 2 heterocycles. The average Bonchev–Trinajstić information content (AvgIpc) is 3.03. The van der Waals surface area contributed by atoms with Gasteiger partial charge in [-0.2, -0.15) is 0 Å². The second-order valence-electron chi connectivity index (χ2n) is 7.06. The normalized spacial score (nSPS) is 14.6. The van der Waals surface area contributed by atoms with Crippen LogP contribution in [-0.2, 0) is 24.7 Å². The molecule has 1 atom stereocenters. The summed E-state index contributed by atoms with van der Waals surface area (Å²) in [6.45, 7) is 1.78. The number of hydrogen-bond acceptors (Lipinski definition) is 5. The van der Waals surface area contributed by atoms with E-state index >= 15 is 0 Å². The molecular formula is C20H19Cl2N3O2S2. The summed E-state index contributed by atoms with van der Waals surface area (Å²) in [5.41, 5.74) is 1.67. The molecule has 0 aliphatic heterocycles. The number of rotatable bonds is 4. The molecular weight excluding hydrogens is 449 g/mol. The molecule has 1 amide bonds. The lowest BCUT2D eigenvalue weighted by atomic mass is 9.97. The van der Waals surface area contributed by atoms with E-state index in [4.69, 9.17) is 28.2 Å². The number of thioether (sulfide) groups is 1. The molecule has 0 fully saturated rings. The van der Waals surface area contributed by atoms with Crippen LogP contribution in [0.3, 0.4) is 0 Å².